The molecule has 3 saturated heterocycles. The van der Waals surface area contributed by atoms with Crippen LogP contribution in [0.3, 0.4) is 0 Å². The van der Waals surface area contributed by atoms with Crippen LogP contribution in [0.4, 0.5) is 13.2 Å². The van der Waals surface area contributed by atoms with Crippen LogP contribution in [0.15, 0.2) is 0 Å². The van der Waals surface area contributed by atoms with E-state index in [-0.39, 0.29) is 36.1 Å². The van der Waals surface area contributed by atoms with Crippen molar-refractivity contribution in [3.8, 4) is 6.07 Å². The van der Waals surface area contributed by atoms with Gasteiger partial charge in [-0.2, -0.15) is 18.4 Å². The van der Waals surface area contributed by atoms with E-state index in [9.17, 15) is 37.6 Å². The number of nitrogens with zero attached hydrogens (tertiary/aromatic N) is 2. The number of hydrogen-bond donors (Lipinski definition) is 3. The van der Waals surface area contributed by atoms with Crippen molar-refractivity contribution in [3.63, 3.8) is 0 Å². The Morgan fingerprint density at radius 3 is 2.36 bits per heavy atom. The van der Waals surface area contributed by atoms with Crippen molar-refractivity contribution in [2.24, 2.45) is 23.2 Å². The molecule has 198 valence electrons. The predicted octanol–water partition coefficient (Wildman–Crippen LogP) is 0.230. The summed E-state index contributed by atoms with van der Waals surface area (Å²) < 4.78 is 43.6. The fraction of sp³-hybridized carbons (Fsp3) is 0.783. The molecule has 13 heteroatoms. The fourth-order valence-corrected chi connectivity index (χ4v) is 5.99. The summed E-state index contributed by atoms with van der Waals surface area (Å²) >= 11 is 0. The molecule has 10 nitrogen and oxygen atoms in total. The van der Waals surface area contributed by atoms with Gasteiger partial charge in [-0.3, -0.25) is 19.2 Å². The maximum atomic E-state index is 13.4. The van der Waals surface area contributed by atoms with Crippen LogP contribution in [0.5, 0.6) is 0 Å². The SMILES string of the molecule is CC1(C)C[C@@H](C[C@@H](C#N)NC(=O)[C@@H]2[C@@H]3[C@H](CN2C(=O)C2(NC(=O)C(F)(F)F)COC2)C3(C)C)C(=O)N1. The highest BCUT2D eigenvalue weighted by Gasteiger charge is 2.71. The second-order valence-electron chi connectivity index (χ2n) is 11.6. The highest BCUT2D eigenvalue weighted by molar-refractivity contribution is 5.98. The van der Waals surface area contributed by atoms with Crippen LogP contribution in [0.2, 0.25) is 0 Å². The lowest BCUT2D eigenvalue weighted by Crippen LogP contribution is -2.73. The van der Waals surface area contributed by atoms with Gasteiger partial charge in [0.2, 0.25) is 11.8 Å². The van der Waals surface area contributed by atoms with Crippen LogP contribution in [0.1, 0.15) is 40.5 Å². The van der Waals surface area contributed by atoms with Gasteiger partial charge in [0.25, 0.3) is 5.91 Å². The monoisotopic (exact) mass is 513 g/mol. The van der Waals surface area contributed by atoms with Gasteiger partial charge in [-0.05, 0) is 43.9 Å². The molecule has 0 bridgehead atoms. The molecule has 4 fully saturated rings. The number of amides is 4. The van der Waals surface area contributed by atoms with Gasteiger partial charge in [0.05, 0.1) is 19.3 Å². The van der Waals surface area contributed by atoms with Gasteiger partial charge in [-0.15, -0.1) is 0 Å². The standard InChI is InChI=1S/C23H30F3N5O5/c1-20(2)6-11(16(32)29-20)5-12(7-27)28-17(33)15-14-13(21(14,3)4)8-31(15)19(35)22(9-36-10-22)30-18(34)23(24,25)26/h11-15H,5-6,8-10H2,1-4H3,(H,28,33)(H,29,32)(H,30,34)/t11-,12+,13+,14+,15+/m1/s1. The average molecular weight is 514 g/mol. The molecule has 1 aliphatic carbocycles. The first kappa shape index (κ1) is 26.2. The van der Waals surface area contributed by atoms with Gasteiger partial charge < -0.3 is 25.6 Å². The van der Waals surface area contributed by atoms with Gasteiger partial charge in [-0.25, -0.2) is 0 Å². The van der Waals surface area contributed by atoms with Crippen molar-refractivity contribution < 1.29 is 37.1 Å². The summed E-state index contributed by atoms with van der Waals surface area (Å²) in [6.07, 6.45) is -4.60. The van der Waals surface area contributed by atoms with Gasteiger partial charge in [0, 0.05) is 18.0 Å². The number of alkyl halides is 3. The van der Waals surface area contributed by atoms with Crippen LogP contribution < -0.4 is 16.0 Å². The zero-order valence-electron chi connectivity index (χ0n) is 20.5. The van der Waals surface area contributed by atoms with Crippen molar-refractivity contribution in [2.45, 2.75) is 69.9 Å². The number of fused-ring (bicyclic) bond motifs is 1. The van der Waals surface area contributed by atoms with Gasteiger partial charge >= 0.3 is 12.1 Å². The first-order valence-electron chi connectivity index (χ1n) is 11.8. The molecule has 3 aliphatic heterocycles. The number of piperidine rings is 1. The molecule has 0 aromatic rings. The Hall–Kier alpha value is -2.88. The number of halogens is 3. The Bertz CT molecular complexity index is 1030. The minimum Gasteiger partial charge on any atom is -0.375 e. The van der Waals surface area contributed by atoms with Crippen LogP contribution in [0, 0.1) is 34.5 Å². The lowest BCUT2D eigenvalue weighted by atomic mass is 9.91. The lowest BCUT2D eigenvalue weighted by molar-refractivity contribution is -0.187. The summed E-state index contributed by atoms with van der Waals surface area (Å²) in [5.41, 5.74) is -2.62. The number of hydrogen-bond acceptors (Lipinski definition) is 6. The zero-order valence-corrected chi connectivity index (χ0v) is 20.5. The minimum absolute atomic E-state index is 0.0597. The van der Waals surface area contributed by atoms with E-state index < -0.39 is 66.2 Å². The van der Waals surface area contributed by atoms with Gasteiger partial charge in [0.15, 0.2) is 5.54 Å². The normalized spacial score (nSPS) is 31.8. The molecular formula is C23H30F3N5O5. The smallest absolute Gasteiger partial charge is 0.375 e. The molecule has 0 spiro atoms. The summed E-state index contributed by atoms with van der Waals surface area (Å²) in [6, 6.07) is -0.0176. The van der Waals surface area contributed by atoms with E-state index in [1.54, 1.807) is 5.32 Å². The maximum absolute atomic E-state index is 13.4. The van der Waals surface area contributed by atoms with Crippen molar-refractivity contribution in [1.29, 1.82) is 5.26 Å². The van der Waals surface area contributed by atoms with Crippen molar-refractivity contribution in [3.05, 3.63) is 0 Å². The van der Waals surface area contributed by atoms with E-state index in [1.807, 2.05) is 33.8 Å². The minimum atomic E-state index is -5.18. The summed E-state index contributed by atoms with van der Waals surface area (Å²) in [5, 5.41) is 16.9. The number of nitrogens with one attached hydrogen (secondary N) is 3. The molecule has 0 unspecified atom stereocenters. The number of likely N-dealkylation sites (tertiary alicyclic amines) is 1. The van der Waals surface area contributed by atoms with Crippen LogP contribution in [0.25, 0.3) is 0 Å². The summed E-state index contributed by atoms with van der Waals surface area (Å²) in [4.78, 5) is 51.9. The van der Waals surface area contributed by atoms with Crippen molar-refractivity contribution >= 4 is 23.6 Å². The van der Waals surface area contributed by atoms with Crippen molar-refractivity contribution in [1.82, 2.24) is 20.9 Å². The topological polar surface area (TPSA) is 141 Å². The Labute approximate surface area is 206 Å². The Kier molecular flexibility index (Phi) is 6.06. The lowest BCUT2D eigenvalue weighted by Gasteiger charge is -2.44. The molecule has 36 heavy (non-hydrogen) atoms. The highest BCUT2D eigenvalue weighted by atomic mass is 19.4. The van der Waals surface area contributed by atoms with E-state index in [1.165, 1.54) is 4.90 Å². The van der Waals surface area contributed by atoms with Crippen LogP contribution in [-0.2, 0) is 23.9 Å². The number of ether oxygens (including phenoxy) is 1. The first-order valence-corrected chi connectivity index (χ1v) is 11.8. The third-order valence-corrected chi connectivity index (χ3v) is 8.04. The summed E-state index contributed by atoms with van der Waals surface area (Å²) in [7, 11) is 0. The van der Waals surface area contributed by atoms with E-state index in [2.05, 4.69) is 10.6 Å². The van der Waals surface area contributed by atoms with Crippen molar-refractivity contribution in [2.75, 3.05) is 19.8 Å². The third-order valence-electron chi connectivity index (χ3n) is 8.04. The Morgan fingerprint density at radius 2 is 1.89 bits per heavy atom. The van der Waals surface area contributed by atoms with E-state index in [4.69, 9.17) is 4.74 Å². The molecule has 3 heterocycles. The predicted molar refractivity (Wildman–Crippen MR) is 116 cm³/mol. The average Bonchev–Trinajstić information content (AvgIpc) is 3.03. The Morgan fingerprint density at radius 1 is 1.25 bits per heavy atom. The summed E-state index contributed by atoms with van der Waals surface area (Å²) in [5.74, 6) is -4.68. The van der Waals surface area contributed by atoms with Gasteiger partial charge in [0.1, 0.15) is 12.1 Å². The molecule has 0 aromatic heterocycles. The van der Waals surface area contributed by atoms with Crippen LogP contribution >= 0.6 is 0 Å². The van der Waals surface area contributed by atoms with E-state index in [0.29, 0.717) is 6.42 Å². The molecule has 0 aromatic carbocycles. The first-order chi connectivity index (χ1) is 16.5. The van der Waals surface area contributed by atoms with Crippen LogP contribution in [-0.4, -0.2) is 77.6 Å². The summed E-state index contributed by atoms with van der Waals surface area (Å²) in [6.45, 7) is 6.85. The molecule has 3 N–H and O–H groups in total. The Balaban J connectivity index is 1.50. The second-order valence-corrected chi connectivity index (χ2v) is 11.6. The number of nitriles is 1. The third kappa shape index (κ3) is 4.40. The number of carbonyl (C=O) groups is 4. The fourth-order valence-electron chi connectivity index (χ4n) is 5.99. The second kappa shape index (κ2) is 8.33. The molecule has 1 saturated carbocycles. The van der Waals surface area contributed by atoms with E-state index in [0.717, 1.165) is 0 Å². The quantitative estimate of drug-likeness (QED) is 0.465. The molecule has 0 radical (unpaired) electrons. The number of carbonyl (C=O) groups excluding carboxylic acids is 4. The number of rotatable bonds is 6. The molecule has 5 atom stereocenters. The highest BCUT2D eigenvalue weighted by Crippen LogP contribution is 2.65. The maximum Gasteiger partial charge on any atom is 0.471 e. The zero-order chi connectivity index (χ0) is 26.8. The van der Waals surface area contributed by atoms with Gasteiger partial charge in [-0.1, -0.05) is 13.8 Å². The largest absolute Gasteiger partial charge is 0.471 e. The molecular weight excluding hydrogens is 483 g/mol. The molecule has 4 rings (SSSR count). The molecule has 4 amide bonds. The van der Waals surface area contributed by atoms with E-state index >= 15 is 0 Å². The molecule has 4 aliphatic rings.